The van der Waals surface area contributed by atoms with E-state index in [0.717, 1.165) is 12.8 Å². The highest BCUT2D eigenvalue weighted by molar-refractivity contribution is 5.84. The molecule has 2 aromatic rings. The number of anilines is 1. The molecular formula is C16H17NO3. The minimum absolute atomic E-state index is 0.00190. The van der Waals surface area contributed by atoms with Gasteiger partial charge >= 0.3 is 5.97 Å². The average Bonchev–Trinajstić information content (AvgIpc) is 2.91. The number of nitrogens with zero attached hydrogens (tertiary/aromatic N) is 1. The molecule has 0 fully saturated rings. The number of aryl methyl sites for hydroxylation is 1. The quantitative estimate of drug-likeness (QED) is 0.930. The number of furan rings is 1. The summed E-state index contributed by atoms with van der Waals surface area (Å²) in [6.07, 6.45) is 2.19. The van der Waals surface area contributed by atoms with E-state index in [1.165, 1.54) is 17.3 Å². The lowest BCUT2D eigenvalue weighted by molar-refractivity contribution is 0.0660. The van der Waals surface area contributed by atoms with Crippen LogP contribution in [0.15, 0.2) is 40.8 Å². The van der Waals surface area contributed by atoms with E-state index in [9.17, 15) is 4.79 Å². The average molecular weight is 271 g/mol. The first-order chi connectivity index (χ1) is 9.65. The van der Waals surface area contributed by atoms with Gasteiger partial charge in [0, 0.05) is 11.7 Å². The fourth-order valence-corrected chi connectivity index (χ4v) is 2.75. The van der Waals surface area contributed by atoms with Crippen molar-refractivity contribution in [3.8, 4) is 0 Å². The molecule has 3 rings (SSSR count). The van der Waals surface area contributed by atoms with Crippen molar-refractivity contribution in [3.05, 3.63) is 53.5 Å². The van der Waals surface area contributed by atoms with E-state index in [-0.39, 0.29) is 5.76 Å². The number of aromatic carboxylic acids is 1. The Labute approximate surface area is 117 Å². The van der Waals surface area contributed by atoms with E-state index in [4.69, 9.17) is 9.52 Å². The number of carboxylic acid groups (broad SMARTS) is 1. The number of benzene rings is 1. The van der Waals surface area contributed by atoms with E-state index in [1.807, 2.05) is 6.07 Å². The lowest BCUT2D eigenvalue weighted by Gasteiger charge is -2.36. The first-order valence-corrected chi connectivity index (χ1v) is 6.81. The van der Waals surface area contributed by atoms with Gasteiger partial charge in [-0.25, -0.2) is 4.79 Å². The summed E-state index contributed by atoms with van der Waals surface area (Å²) in [5, 5.41) is 8.91. The Morgan fingerprint density at radius 2 is 2.15 bits per heavy atom. The third kappa shape index (κ3) is 2.29. The summed E-state index contributed by atoms with van der Waals surface area (Å²) in [7, 11) is 0. The van der Waals surface area contributed by atoms with Gasteiger partial charge in [-0.15, -0.1) is 0 Å². The maximum absolute atomic E-state index is 10.9. The van der Waals surface area contributed by atoms with Gasteiger partial charge in [0.05, 0.1) is 6.54 Å². The topological polar surface area (TPSA) is 53.7 Å². The fourth-order valence-electron chi connectivity index (χ4n) is 2.75. The van der Waals surface area contributed by atoms with Crippen LogP contribution >= 0.6 is 0 Å². The highest BCUT2D eigenvalue weighted by Gasteiger charge is 2.23. The van der Waals surface area contributed by atoms with Crippen molar-refractivity contribution in [1.82, 2.24) is 0 Å². The SMILES string of the molecule is CC1CCc2ccccc2N1Cc1ccc(C(=O)O)o1. The van der Waals surface area contributed by atoms with E-state index < -0.39 is 5.97 Å². The molecule has 1 N–H and O–H groups in total. The number of fused-ring (bicyclic) bond motifs is 1. The molecule has 4 nitrogen and oxygen atoms in total. The summed E-state index contributed by atoms with van der Waals surface area (Å²) in [5.74, 6) is -0.341. The van der Waals surface area contributed by atoms with Crippen LogP contribution in [0.5, 0.6) is 0 Å². The third-order valence-electron chi connectivity index (χ3n) is 3.86. The first kappa shape index (κ1) is 12.8. The van der Waals surface area contributed by atoms with Crippen molar-refractivity contribution in [3.63, 3.8) is 0 Å². The highest BCUT2D eigenvalue weighted by atomic mass is 16.4. The molecule has 0 saturated heterocycles. The van der Waals surface area contributed by atoms with E-state index >= 15 is 0 Å². The van der Waals surface area contributed by atoms with Crippen LogP contribution in [0.4, 0.5) is 5.69 Å². The minimum atomic E-state index is -1.02. The Balaban J connectivity index is 1.87. The standard InChI is InChI=1S/C16H17NO3/c1-11-6-7-12-4-2-3-5-14(12)17(11)10-13-8-9-15(20-13)16(18)19/h2-5,8-9,11H,6-7,10H2,1H3,(H,18,19). The number of hydrogen-bond donors (Lipinski definition) is 1. The van der Waals surface area contributed by atoms with Crippen molar-refractivity contribution < 1.29 is 14.3 Å². The molecule has 0 radical (unpaired) electrons. The van der Waals surface area contributed by atoms with Crippen LogP contribution in [0.1, 0.15) is 35.2 Å². The lowest BCUT2D eigenvalue weighted by atomic mass is 9.96. The largest absolute Gasteiger partial charge is 0.475 e. The van der Waals surface area contributed by atoms with Crippen LogP contribution < -0.4 is 4.90 Å². The number of carboxylic acids is 1. The van der Waals surface area contributed by atoms with Crippen LogP contribution in [0.2, 0.25) is 0 Å². The Kier molecular flexibility index (Phi) is 3.22. The zero-order valence-corrected chi connectivity index (χ0v) is 11.4. The second kappa shape index (κ2) is 5.04. The highest BCUT2D eigenvalue weighted by Crippen LogP contribution is 2.31. The van der Waals surface area contributed by atoms with Gasteiger partial charge in [-0.3, -0.25) is 0 Å². The van der Waals surface area contributed by atoms with Crippen LogP contribution in [0, 0.1) is 0 Å². The van der Waals surface area contributed by atoms with Crippen molar-refractivity contribution in [2.45, 2.75) is 32.4 Å². The van der Waals surface area contributed by atoms with Crippen LogP contribution in [-0.2, 0) is 13.0 Å². The lowest BCUT2D eigenvalue weighted by Crippen LogP contribution is -2.36. The summed E-state index contributed by atoms with van der Waals surface area (Å²) in [6, 6.07) is 12.0. The molecule has 1 aliphatic rings. The van der Waals surface area contributed by atoms with E-state index in [2.05, 4.69) is 30.0 Å². The van der Waals surface area contributed by atoms with Crippen LogP contribution in [0.25, 0.3) is 0 Å². The molecule has 1 aromatic heterocycles. The van der Waals surface area contributed by atoms with E-state index in [0.29, 0.717) is 18.3 Å². The summed E-state index contributed by atoms with van der Waals surface area (Å²) in [5.41, 5.74) is 2.56. The second-order valence-corrected chi connectivity index (χ2v) is 5.22. The number of hydrogen-bond acceptors (Lipinski definition) is 3. The van der Waals surface area contributed by atoms with Crippen molar-refractivity contribution in [2.75, 3.05) is 4.90 Å². The van der Waals surface area contributed by atoms with Gasteiger partial charge in [-0.05, 0) is 43.5 Å². The predicted molar refractivity (Wildman–Crippen MR) is 76.1 cm³/mol. The molecule has 0 amide bonds. The molecule has 1 unspecified atom stereocenters. The Bertz CT molecular complexity index is 632. The molecule has 104 valence electrons. The van der Waals surface area contributed by atoms with Gasteiger partial charge < -0.3 is 14.4 Å². The van der Waals surface area contributed by atoms with Crippen molar-refractivity contribution in [2.24, 2.45) is 0 Å². The molecule has 4 heteroatoms. The summed E-state index contributed by atoms with van der Waals surface area (Å²) >= 11 is 0. The fraction of sp³-hybridized carbons (Fsp3) is 0.312. The maximum Gasteiger partial charge on any atom is 0.371 e. The number of para-hydroxylation sites is 1. The van der Waals surface area contributed by atoms with Crippen LogP contribution in [0.3, 0.4) is 0 Å². The maximum atomic E-state index is 10.9. The number of rotatable bonds is 3. The molecule has 20 heavy (non-hydrogen) atoms. The smallest absolute Gasteiger partial charge is 0.371 e. The second-order valence-electron chi connectivity index (χ2n) is 5.22. The normalized spacial score (nSPS) is 17.9. The summed E-state index contributed by atoms with van der Waals surface area (Å²) in [4.78, 5) is 13.1. The third-order valence-corrected chi connectivity index (χ3v) is 3.86. The summed E-state index contributed by atoms with van der Waals surface area (Å²) < 4.78 is 5.37. The first-order valence-electron chi connectivity index (χ1n) is 6.81. The molecule has 0 spiro atoms. The Morgan fingerprint density at radius 3 is 2.90 bits per heavy atom. The minimum Gasteiger partial charge on any atom is -0.475 e. The van der Waals surface area contributed by atoms with E-state index in [1.54, 1.807) is 6.07 Å². The molecule has 2 heterocycles. The van der Waals surface area contributed by atoms with Crippen LogP contribution in [-0.4, -0.2) is 17.1 Å². The molecule has 1 aliphatic heterocycles. The molecule has 1 aromatic carbocycles. The summed E-state index contributed by atoms with van der Waals surface area (Å²) in [6.45, 7) is 2.79. The molecular weight excluding hydrogens is 254 g/mol. The molecule has 0 aliphatic carbocycles. The van der Waals surface area contributed by atoms with Gasteiger partial charge in [0.25, 0.3) is 0 Å². The zero-order chi connectivity index (χ0) is 14.1. The Hall–Kier alpha value is -2.23. The van der Waals surface area contributed by atoms with Gasteiger partial charge in [-0.1, -0.05) is 18.2 Å². The van der Waals surface area contributed by atoms with Gasteiger partial charge in [-0.2, -0.15) is 0 Å². The Morgan fingerprint density at radius 1 is 1.35 bits per heavy atom. The van der Waals surface area contributed by atoms with Crippen molar-refractivity contribution >= 4 is 11.7 Å². The molecule has 1 atom stereocenters. The number of carbonyl (C=O) groups is 1. The van der Waals surface area contributed by atoms with Gasteiger partial charge in [0.2, 0.25) is 5.76 Å². The van der Waals surface area contributed by atoms with Crippen molar-refractivity contribution in [1.29, 1.82) is 0 Å². The monoisotopic (exact) mass is 271 g/mol. The predicted octanol–water partition coefficient (Wildman–Crippen LogP) is 3.32. The van der Waals surface area contributed by atoms with Gasteiger partial charge in [0.1, 0.15) is 5.76 Å². The molecule has 0 saturated carbocycles. The zero-order valence-electron chi connectivity index (χ0n) is 11.4. The molecule has 0 bridgehead atoms. The van der Waals surface area contributed by atoms with Gasteiger partial charge in [0.15, 0.2) is 0 Å².